The Labute approximate surface area is 85.4 Å². The normalized spacial score (nSPS) is 12.9. The van der Waals surface area contributed by atoms with Crippen LogP contribution in [-0.4, -0.2) is 7.05 Å². The van der Waals surface area contributed by atoms with Crippen LogP contribution >= 0.6 is 15.9 Å². The van der Waals surface area contributed by atoms with Crippen LogP contribution in [0.25, 0.3) is 0 Å². The lowest BCUT2D eigenvalue weighted by Gasteiger charge is -2.12. The van der Waals surface area contributed by atoms with Crippen molar-refractivity contribution in [3.05, 3.63) is 28.0 Å². The zero-order valence-corrected chi connectivity index (χ0v) is 9.15. The fourth-order valence-electron chi connectivity index (χ4n) is 1.02. The van der Waals surface area contributed by atoms with Crippen LogP contribution in [0.2, 0.25) is 0 Å². The number of anilines is 1. The van der Waals surface area contributed by atoms with E-state index in [9.17, 15) is 4.39 Å². The van der Waals surface area contributed by atoms with Crippen molar-refractivity contribution in [2.45, 2.75) is 13.0 Å². The molecule has 0 heterocycles. The summed E-state index contributed by atoms with van der Waals surface area (Å²) in [6, 6.07) is 3.38. The summed E-state index contributed by atoms with van der Waals surface area (Å²) in [6.45, 7) is 1.96. The van der Waals surface area contributed by atoms with Gasteiger partial charge < -0.3 is 11.1 Å². The van der Waals surface area contributed by atoms with E-state index >= 15 is 0 Å². The highest BCUT2D eigenvalue weighted by molar-refractivity contribution is 9.10. The van der Waals surface area contributed by atoms with E-state index in [1.165, 1.54) is 6.07 Å². The molecule has 1 atom stereocenters. The molecule has 0 aliphatic rings. The zero-order chi connectivity index (χ0) is 10.0. The molecule has 0 aromatic heterocycles. The quantitative estimate of drug-likeness (QED) is 0.788. The van der Waals surface area contributed by atoms with Gasteiger partial charge in [0.15, 0.2) is 0 Å². The molecule has 0 radical (unpaired) electrons. The smallest absolute Gasteiger partial charge is 0.147 e. The monoisotopic (exact) mass is 246 g/mol. The van der Waals surface area contributed by atoms with Crippen molar-refractivity contribution < 1.29 is 4.39 Å². The van der Waals surface area contributed by atoms with Gasteiger partial charge in [-0.2, -0.15) is 0 Å². The van der Waals surface area contributed by atoms with E-state index in [0.717, 1.165) is 5.56 Å². The van der Waals surface area contributed by atoms with Gasteiger partial charge in [-0.15, -0.1) is 0 Å². The second kappa shape index (κ2) is 4.07. The number of nitrogen functional groups attached to an aromatic ring is 1. The third kappa shape index (κ3) is 2.19. The van der Waals surface area contributed by atoms with Gasteiger partial charge in [0.25, 0.3) is 0 Å². The minimum absolute atomic E-state index is 0.117. The lowest BCUT2D eigenvalue weighted by atomic mass is 10.1. The molecular weight excluding hydrogens is 235 g/mol. The van der Waals surface area contributed by atoms with Crippen molar-refractivity contribution in [3.8, 4) is 0 Å². The van der Waals surface area contributed by atoms with Crippen LogP contribution in [0.3, 0.4) is 0 Å². The minimum Gasteiger partial charge on any atom is -0.395 e. The molecule has 0 fully saturated rings. The van der Waals surface area contributed by atoms with Crippen LogP contribution in [0, 0.1) is 5.82 Å². The van der Waals surface area contributed by atoms with E-state index in [1.807, 2.05) is 20.0 Å². The molecule has 0 spiro atoms. The number of hydrogen-bond acceptors (Lipinski definition) is 2. The maximum absolute atomic E-state index is 13.2. The maximum atomic E-state index is 13.2. The summed E-state index contributed by atoms with van der Waals surface area (Å²) >= 11 is 3.20. The van der Waals surface area contributed by atoms with Gasteiger partial charge in [0.05, 0.1) is 5.69 Å². The number of hydrogen-bond donors (Lipinski definition) is 2. The number of benzene rings is 1. The Kier molecular flexibility index (Phi) is 3.27. The Morgan fingerprint density at radius 3 is 2.62 bits per heavy atom. The fourth-order valence-corrected chi connectivity index (χ4v) is 1.47. The van der Waals surface area contributed by atoms with Crippen molar-refractivity contribution in [2.75, 3.05) is 12.8 Å². The molecule has 13 heavy (non-hydrogen) atoms. The number of halogens is 2. The molecule has 0 saturated heterocycles. The summed E-state index contributed by atoms with van der Waals surface area (Å²) in [4.78, 5) is 0. The van der Waals surface area contributed by atoms with E-state index in [0.29, 0.717) is 4.47 Å². The lowest BCUT2D eigenvalue weighted by Crippen LogP contribution is -2.12. The van der Waals surface area contributed by atoms with Crippen LogP contribution in [0.1, 0.15) is 18.5 Å². The van der Waals surface area contributed by atoms with Gasteiger partial charge >= 0.3 is 0 Å². The molecule has 0 amide bonds. The van der Waals surface area contributed by atoms with Crippen molar-refractivity contribution in [2.24, 2.45) is 0 Å². The lowest BCUT2D eigenvalue weighted by molar-refractivity contribution is 0.611. The number of rotatable bonds is 2. The predicted molar refractivity (Wildman–Crippen MR) is 56.0 cm³/mol. The molecular formula is C9H12BrFN2. The van der Waals surface area contributed by atoms with Crippen molar-refractivity contribution in [3.63, 3.8) is 0 Å². The van der Waals surface area contributed by atoms with E-state index in [4.69, 9.17) is 5.73 Å². The van der Waals surface area contributed by atoms with Crippen LogP contribution < -0.4 is 11.1 Å². The highest BCUT2D eigenvalue weighted by Crippen LogP contribution is 2.26. The van der Waals surface area contributed by atoms with Crippen LogP contribution in [0.15, 0.2) is 16.6 Å². The molecule has 1 aromatic carbocycles. The molecule has 2 nitrogen and oxygen atoms in total. The van der Waals surface area contributed by atoms with Crippen molar-refractivity contribution >= 4 is 21.6 Å². The molecule has 0 aliphatic heterocycles. The van der Waals surface area contributed by atoms with E-state index in [2.05, 4.69) is 21.2 Å². The highest BCUT2D eigenvalue weighted by atomic mass is 79.9. The van der Waals surface area contributed by atoms with Gasteiger partial charge in [-0.3, -0.25) is 0 Å². The van der Waals surface area contributed by atoms with Crippen molar-refractivity contribution in [1.29, 1.82) is 0 Å². The average Bonchev–Trinajstić information content (AvgIpc) is 2.12. The summed E-state index contributed by atoms with van der Waals surface area (Å²) in [7, 11) is 1.83. The summed E-state index contributed by atoms with van der Waals surface area (Å²) in [5, 5.41) is 3.03. The Hall–Kier alpha value is -0.610. The van der Waals surface area contributed by atoms with Crippen LogP contribution in [-0.2, 0) is 0 Å². The summed E-state index contributed by atoms with van der Waals surface area (Å²) in [5.74, 6) is -0.383. The SMILES string of the molecule is CN[C@H](C)c1cc(F)c(N)c(Br)c1. The number of nitrogens with one attached hydrogen (secondary N) is 1. The summed E-state index contributed by atoms with van der Waals surface area (Å²) in [5.41, 5.74) is 6.49. The fraction of sp³-hybridized carbons (Fsp3) is 0.333. The standard InChI is InChI=1S/C9H12BrFN2/c1-5(13-2)6-3-7(10)9(12)8(11)4-6/h3-5,13H,12H2,1-2H3/t5-/m1/s1. The first-order valence-corrected chi connectivity index (χ1v) is 4.77. The Balaban J connectivity index is 3.13. The molecule has 0 aliphatic carbocycles. The zero-order valence-electron chi connectivity index (χ0n) is 7.57. The Morgan fingerprint density at radius 2 is 2.15 bits per heavy atom. The van der Waals surface area contributed by atoms with E-state index in [1.54, 1.807) is 0 Å². The third-order valence-electron chi connectivity index (χ3n) is 2.03. The summed E-state index contributed by atoms with van der Waals surface area (Å²) in [6.07, 6.45) is 0. The molecule has 0 bridgehead atoms. The Bertz CT molecular complexity index is 291. The third-order valence-corrected chi connectivity index (χ3v) is 2.69. The largest absolute Gasteiger partial charge is 0.395 e. The van der Waals surface area contributed by atoms with Crippen LogP contribution in [0.4, 0.5) is 10.1 Å². The van der Waals surface area contributed by atoms with Gasteiger partial charge in [0.2, 0.25) is 0 Å². The minimum atomic E-state index is -0.383. The first-order valence-electron chi connectivity index (χ1n) is 3.98. The second-order valence-electron chi connectivity index (χ2n) is 2.91. The maximum Gasteiger partial charge on any atom is 0.147 e. The second-order valence-corrected chi connectivity index (χ2v) is 3.76. The van der Waals surface area contributed by atoms with Crippen molar-refractivity contribution in [1.82, 2.24) is 5.32 Å². The summed E-state index contributed by atoms with van der Waals surface area (Å²) < 4.78 is 13.8. The van der Waals surface area contributed by atoms with E-state index < -0.39 is 0 Å². The molecule has 3 N–H and O–H groups in total. The van der Waals surface area contributed by atoms with E-state index in [-0.39, 0.29) is 17.5 Å². The highest BCUT2D eigenvalue weighted by Gasteiger charge is 2.09. The molecule has 72 valence electrons. The predicted octanol–water partition coefficient (Wildman–Crippen LogP) is 2.45. The molecule has 0 unspecified atom stereocenters. The van der Waals surface area contributed by atoms with Gasteiger partial charge in [0, 0.05) is 10.5 Å². The Morgan fingerprint density at radius 1 is 1.54 bits per heavy atom. The molecule has 1 rings (SSSR count). The number of nitrogens with two attached hydrogens (primary N) is 1. The molecule has 0 saturated carbocycles. The first-order chi connectivity index (χ1) is 6.06. The van der Waals surface area contributed by atoms with Gasteiger partial charge in [-0.05, 0) is 47.6 Å². The molecule has 4 heteroatoms. The topological polar surface area (TPSA) is 38.0 Å². The van der Waals surface area contributed by atoms with Crippen LogP contribution in [0.5, 0.6) is 0 Å². The van der Waals surface area contributed by atoms with Gasteiger partial charge in [0.1, 0.15) is 5.82 Å². The van der Waals surface area contributed by atoms with Gasteiger partial charge in [-0.1, -0.05) is 0 Å². The first kappa shape index (κ1) is 10.5. The average molecular weight is 247 g/mol. The molecule has 1 aromatic rings. The van der Waals surface area contributed by atoms with Gasteiger partial charge in [-0.25, -0.2) is 4.39 Å².